The number of alkyl halides is 3. The van der Waals surface area contributed by atoms with Gasteiger partial charge in [-0.05, 0) is 47.2 Å². The van der Waals surface area contributed by atoms with Gasteiger partial charge >= 0.3 is 6.18 Å². The number of amides is 1. The average Bonchev–Trinajstić information content (AvgIpc) is 2.27. The van der Waals surface area contributed by atoms with Gasteiger partial charge in [0.15, 0.2) is 0 Å². The van der Waals surface area contributed by atoms with Crippen molar-refractivity contribution < 1.29 is 18.0 Å². The Morgan fingerprint density at radius 3 is 2.61 bits per heavy atom. The van der Waals surface area contributed by atoms with Crippen LogP contribution in [0.2, 0.25) is 0 Å². The number of unbranched alkanes of at least 4 members (excludes halogenated alkanes) is 1. The topological polar surface area (TPSA) is 29.1 Å². The van der Waals surface area contributed by atoms with Gasteiger partial charge in [0.05, 0.1) is 11.3 Å². The van der Waals surface area contributed by atoms with E-state index in [1.54, 1.807) is 22.6 Å². The Morgan fingerprint density at radius 1 is 1.39 bits per heavy atom. The Hall–Kier alpha value is -0.790. The molecule has 0 spiro atoms. The molecule has 2 nitrogen and oxygen atoms in total. The highest BCUT2D eigenvalue weighted by Crippen LogP contribution is 2.35. The molecule has 18 heavy (non-hydrogen) atoms. The first-order chi connectivity index (χ1) is 8.34. The number of halogens is 4. The molecule has 0 aromatic heterocycles. The van der Waals surface area contributed by atoms with Crippen molar-refractivity contribution >= 4 is 34.2 Å². The summed E-state index contributed by atoms with van der Waals surface area (Å²) in [4.78, 5) is 11.5. The summed E-state index contributed by atoms with van der Waals surface area (Å²) < 4.78 is 38.8. The van der Waals surface area contributed by atoms with Crippen LogP contribution in [0.4, 0.5) is 18.9 Å². The molecule has 0 radical (unpaired) electrons. The summed E-state index contributed by atoms with van der Waals surface area (Å²) in [5, 5.41) is 2.32. The van der Waals surface area contributed by atoms with Gasteiger partial charge in [-0.2, -0.15) is 13.2 Å². The van der Waals surface area contributed by atoms with E-state index in [4.69, 9.17) is 0 Å². The quantitative estimate of drug-likeness (QED) is 0.780. The maximum atomic E-state index is 12.8. The van der Waals surface area contributed by atoms with Crippen molar-refractivity contribution in [2.75, 3.05) is 5.32 Å². The summed E-state index contributed by atoms with van der Waals surface area (Å²) in [6.45, 7) is 1.92. The number of anilines is 1. The van der Waals surface area contributed by atoms with E-state index in [1.165, 1.54) is 12.1 Å². The normalized spacial score (nSPS) is 11.4. The third-order valence-corrected chi connectivity index (χ3v) is 2.99. The summed E-state index contributed by atoms with van der Waals surface area (Å²) in [6.07, 6.45) is -2.74. The van der Waals surface area contributed by atoms with Crippen LogP contribution < -0.4 is 5.32 Å². The Balaban J connectivity index is 2.92. The van der Waals surface area contributed by atoms with Gasteiger partial charge in [0.1, 0.15) is 0 Å². The van der Waals surface area contributed by atoms with Gasteiger partial charge in [-0.25, -0.2) is 0 Å². The van der Waals surface area contributed by atoms with Gasteiger partial charge < -0.3 is 5.32 Å². The Labute approximate surface area is 117 Å². The van der Waals surface area contributed by atoms with Crippen LogP contribution in [0.5, 0.6) is 0 Å². The average molecular weight is 371 g/mol. The number of hydrogen-bond acceptors (Lipinski definition) is 1. The van der Waals surface area contributed by atoms with Crippen molar-refractivity contribution in [1.29, 1.82) is 0 Å². The molecule has 6 heteroatoms. The molecule has 0 heterocycles. The maximum absolute atomic E-state index is 12.8. The zero-order chi connectivity index (χ0) is 13.8. The highest BCUT2D eigenvalue weighted by molar-refractivity contribution is 14.1. The predicted molar refractivity (Wildman–Crippen MR) is 72.3 cm³/mol. The Morgan fingerprint density at radius 2 is 2.06 bits per heavy atom. The molecule has 100 valence electrons. The van der Waals surface area contributed by atoms with Crippen LogP contribution in [-0.2, 0) is 11.0 Å². The monoisotopic (exact) mass is 371 g/mol. The standard InChI is InChI=1S/C12H13F3INO/c1-2-3-4-11(18)17-10-6-5-8(16)7-9(10)12(13,14)15/h5-7H,2-4H2,1H3,(H,17,18). The second-order valence-corrected chi connectivity index (χ2v) is 5.09. The second kappa shape index (κ2) is 6.40. The Bertz CT molecular complexity index is 432. The first-order valence-corrected chi connectivity index (χ1v) is 6.59. The largest absolute Gasteiger partial charge is 0.418 e. The zero-order valence-electron chi connectivity index (χ0n) is 9.77. The van der Waals surface area contributed by atoms with Gasteiger partial charge in [0.25, 0.3) is 0 Å². The van der Waals surface area contributed by atoms with Gasteiger partial charge in [-0.3, -0.25) is 4.79 Å². The molecule has 0 unspecified atom stereocenters. The number of carbonyl (C=O) groups is 1. The van der Waals surface area contributed by atoms with E-state index in [1.807, 2.05) is 6.92 Å². The highest BCUT2D eigenvalue weighted by atomic mass is 127. The number of rotatable bonds is 4. The molecule has 0 fully saturated rings. The molecular formula is C12H13F3INO. The molecule has 0 saturated carbocycles. The van der Waals surface area contributed by atoms with Gasteiger partial charge in [0, 0.05) is 9.99 Å². The van der Waals surface area contributed by atoms with Crippen molar-refractivity contribution in [2.24, 2.45) is 0 Å². The number of carbonyl (C=O) groups excluding carboxylic acids is 1. The summed E-state index contributed by atoms with van der Waals surface area (Å²) in [5.41, 5.74) is -0.983. The molecule has 0 aliphatic carbocycles. The van der Waals surface area contributed by atoms with Crippen LogP contribution in [0.3, 0.4) is 0 Å². The lowest BCUT2D eigenvalue weighted by Gasteiger charge is -2.14. The van der Waals surface area contributed by atoms with Crippen molar-refractivity contribution in [3.8, 4) is 0 Å². The molecule has 0 bridgehead atoms. The molecule has 1 aromatic rings. The third-order valence-electron chi connectivity index (χ3n) is 2.32. The minimum atomic E-state index is -4.46. The van der Waals surface area contributed by atoms with E-state index in [-0.39, 0.29) is 18.0 Å². The zero-order valence-corrected chi connectivity index (χ0v) is 11.9. The fraction of sp³-hybridized carbons (Fsp3) is 0.417. The fourth-order valence-electron chi connectivity index (χ4n) is 1.41. The van der Waals surface area contributed by atoms with E-state index in [9.17, 15) is 18.0 Å². The number of benzene rings is 1. The SMILES string of the molecule is CCCCC(=O)Nc1ccc(I)cc1C(F)(F)F. The van der Waals surface area contributed by atoms with E-state index in [2.05, 4.69) is 5.32 Å². The molecule has 0 aliphatic rings. The lowest BCUT2D eigenvalue weighted by atomic mass is 10.1. The van der Waals surface area contributed by atoms with Gasteiger partial charge in [-0.1, -0.05) is 13.3 Å². The van der Waals surface area contributed by atoms with Crippen LogP contribution in [0, 0.1) is 3.57 Å². The minimum Gasteiger partial charge on any atom is -0.326 e. The van der Waals surface area contributed by atoms with Gasteiger partial charge in [0.2, 0.25) is 5.91 Å². The van der Waals surface area contributed by atoms with E-state index in [0.29, 0.717) is 9.99 Å². The minimum absolute atomic E-state index is 0.177. The van der Waals surface area contributed by atoms with Crippen molar-refractivity contribution in [3.63, 3.8) is 0 Å². The summed E-state index contributed by atoms with van der Waals surface area (Å²) in [6, 6.07) is 3.84. The number of nitrogens with one attached hydrogen (secondary N) is 1. The lowest BCUT2D eigenvalue weighted by Crippen LogP contribution is -2.16. The van der Waals surface area contributed by atoms with Crippen LogP contribution >= 0.6 is 22.6 Å². The van der Waals surface area contributed by atoms with Crippen molar-refractivity contribution in [2.45, 2.75) is 32.4 Å². The second-order valence-electron chi connectivity index (χ2n) is 3.84. The lowest BCUT2D eigenvalue weighted by molar-refractivity contribution is -0.137. The molecule has 1 amide bonds. The van der Waals surface area contributed by atoms with E-state index in [0.717, 1.165) is 12.5 Å². The molecule has 1 aromatic carbocycles. The summed E-state index contributed by atoms with van der Waals surface area (Å²) in [5.74, 6) is -0.386. The van der Waals surface area contributed by atoms with Gasteiger partial charge in [-0.15, -0.1) is 0 Å². The smallest absolute Gasteiger partial charge is 0.326 e. The third kappa shape index (κ3) is 4.47. The molecule has 0 aliphatic heterocycles. The summed E-state index contributed by atoms with van der Waals surface area (Å²) >= 11 is 1.81. The first-order valence-electron chi connectivity index (χ1n) is 5.51. The van der Waals surface area contributed by atoms with Crippen LogP contribution in [0.15, 0.2) is 18.2 Å². The van der Waals surface area contributed by atoms with E-state index >= 15 is 0 Å². The van der Waals surface area contributed by atoms with Crippen molar-refractivity contribution in [3.05, 3.63) is 27.3 Å². The fourth-order valence-corrected chi connectivity index (χ4v) is 1.90. The maximum Gasteiger partial charge on any atom is 0.418 e. The van der Waals surface area contributed by atoms with Crippen molar-refractivity contribution in [1.82, 2.24) is 0 Å². The van der Waals surface area contributed by atoms with Crippen LogP contribution in [0.1, 0.15) is 31.7 Å². The molecule has 0 saturated heterocycles. The summed E-state index contributed by atoms with van der Waals surface area (Å²) in [7, 11) is 0. The van der Waals surface area contributed by atoms with Crippen LogP contribution in [0.25, 0.3) is 0 Å². The molecule has 1 rings (SSSR count). The molecule has 1 N–H and O–H groups in total. The molecular weight excluding hydrogens is 358 g/mol. The van der Waals surface area contributed by atoms with Crippen LogP contribution in [-0.4, -0.2) is 5.91 Å². The van der Waals surface area contributed by atoms with E-state index < -0.39 is 11.7 Å². The number of hydrogen-bond donors (Lipinski definition) is 1. The predicted octanol–water partition coefficient (Wildman–Crippen LogP) is 4.44. The first kappa shape index (κ1) is 15.3. The highest BCUT2D eigenvalue weighted by Gasteiger charge is 2.34. The molecule has 0 atom stereocenters. The Kier molecular flexibility index (Phi) is 5.43.